The minimum Gasteiger partial charge on any atom is -0.388 e. The molecular formula is C17H20N6O. The van der Waals surface area contributed by atoms with E-state index in [1.54, 1.807) is 12.5 Å². The third kappa shape index (κ3) is 2.71. The summed E-state index contributed by atoms with van der Waals surface area (Å²) in [5.74, 6) is 0.806. The molecule has 7 heteroatoms. The van der Waals surface area contributed by atoms with Crippen LogP contribution in [0.4, 0.5) is 5.69 Å². The summed E-state index contributed by atoms with van der Waals surface area (Å²) in [5.41, 5.74) is 1.19. The highest BCUT2D eigenvalue weighted by Gasteiger charge is 2.35. The topological polar surface area (TPSA) is 80.0 Å². The number of aliphatic hydroxyl groups is 1. The van der Waals surface area contributed by atoms with Crippen molar-refractivity contribution in [3.8, 4) is 0 Å². The lowest BCUT2D eigenvalue weighted by atomic mass is 9.89. The van der Waals surface area contributed by atoms with Crippen molar-refractivity contribution in [2.75, 3.05) is 18.0 Å². The van der Waals surface area contributed by atoms with Crippen molar-refractivity contribution < 1.29 is 5.11 Å². The SMILES string of the molecule is Cn1cnnc1CC1(O)CCCN(c2ccnc3ccncc23)C1. The van der Waals surface area contributed by atoms with Gasteiger partial charge in [0.2, 0.25) is 0 Å². The van der Waals surface area contributed by atoms with E-state index >= 15 is 0 Å². The molecule has 24 heavy (non-hydrogen) atoms. The fraction of sp³-hybridized carbons (Fsp3) is 0.412. The van der Waals surface area contributed by atoms with Crippen LogP contribution in [-0.4, -0.2) is 48.5 Å². The molecule has 124 valence electrons. The normalized spacial score (nSPS) is 21.3. The van der Waals surface area contributed by atoms with E-state index in [0.717, 1.165) is 41.8 Å². The Kier molecular flexibility index (Phi) is 3.65. The van der Waals surface area contributed by atoms with Crippen molar-refractivity contribution in [1.82, 2.24) is 24.7 Å². The highest BCUT2D eigenvalue weighted by atomic mass is 16.3. The molecule has 4 rings (SSSR count). The van der Waals surface area contributed by atoms with Crippen molar-refractivity contribution >= 4 is 16.6 Å². The molecule has 0 aromatic carbocycles. The summed E-state index contributed by atoms with van der Waals surface area (Å²) in [4.78, 5) is 10.8. The third-order valence-electron chi connectivity index (χ3n) is 4.71. The predicted octanol–water partition coefficient (Wildman–Crippen LogP) is 1.33. The van der Waals surface area contributed by atoms with Gasteiger partial charge in [0.1, 0.15) is 12.2 Å². The Labute approximate surface area is 140 Å². The smallest absolute Gasteiger partial charge is 0.135 e. The van der Waals surface area contributed by atoms with Crippen LogP contribution in [-0.2, 0) is 13.5 Å². The molecule has 0 saturated carbocycles. The second kappa shape index (κ2) is 5.83. The molecule has 1 fully saturated rings. The minimum absolute atomic E-state index is 0.501. The first-order valence-electron chi connectivity index (χ1n) is 8.14. The summed E-state index contributed by atoms with van der Waals surface area (Å²) in [6, 6.07) is 3.91. The molecule has 1 atom stereocenters. The summed E-state index contributed by atoms with van der Waals surface area (Å²) in [7, 11) is 1.90. The molecule has 0 aliphatic carbocycles. The van der Waals surface area contributed by atoms with Gasteiger partial charge in [-0.15, -0.1) is 10.2 Å². The van der Waals surface area contributed by atoms with E-state index in [0.29, 0.717) is 13.0 Å². The van der Waals surface area contributed by atoms with Crippen LogP contribution in [0.2, 0.25) is 0 Å². The monoisotopic (exact) mass is 324 g/mol. The quantitative estimate of drug-likeness (QED) is 0.783. The van der Waals surface area contributed by atoms with E-state index in [9.17, 15) is 5.11 Å². The van der Waals surface area contributed by atoms with Crippen molar-refractivity contribution in [3.05, 3.63) is 42.9 Å². The molecule has 0 amide bonds. The van der Waals surface area contributed by atoms with E-state index in [4.69, 9.17) is 0 Å². The maximum Gasteiger partial charge on any atom is 0.135 e. The highest BCUT2D eigenvalue weighted by molar-refractivity contribution is 5.90. The van der Waals surface area contributed by atoms with Gasteiger partial charge in [-0.3, -0.25) is 9.97 Å². The van der Waals surface area contributed by atoms with Crippen molar-refractivity contribution in [3.63, 3.8) is 0 Å². The van der Waals surface area contributed by atoms with Crippen molar-refractivity contribution in [2.24, 2.45) is 7.05 Å². The predicted molar refractivity (Wildman–Crippen MR) is 90.6 cm³/mol. The number of fused-ring (bicyclic) bond motifs is 1. The van der Waals surface area contributed by atoms with Crippen LogP contribution in [0, 0.1) is 0 Å². The zero-order valence-corrected chi connectivity index (χ0v) is 13.6. The molecule has 3 aromatic rings. The average molecular weight is 324 g/mol. The number of pyridine rings is 2. The number of β-amino-alcohol motifs (C(OH)–C–C–N with tert-alkyl or cyclic N) is 1. The van der Waals surface area contributed by atoms with Gasteiger partial charge in [-0.1, -0.05) is 0 Å². The zero-order chi connectivity index (χ0) is 16.6. The Morgan fingerprint density at radius 3 is 3.04 bits per heavy atom. The molecule has 1 saturated heterocycles. The van der Waals surface area contributed by atoms with E-state index < -0.39 is 5.60 Å². The van der Waals surface area contributed by atoms with Gasteiger partial charge in [0.25, 0.3) is 0 Å². The maximum atomic E-state index is 11.1. The number of aryl methyl sites for hydroxylation is 1. The van der Waals surface area contributed by atoms with E-state index in [-0.39, 0.29) is 0 Å². The van der Waals surface area contributed by atoms with Crippen molar-refractivity contribution in [2.45, 2.75) is 24.9 Å². The molecule has 0 spiro atoms. The second-order valence-corrected chi connectivity index (χ2v) is 6.51. The Hall–Kier alpha value is -2.54. The number of piperidine rings is 1. The van der Waals surface area contributed by atoms with Crippen LogP contribution in [0.15, 0.2) is 37.1 Å². The first-order valence-corrected chi connectivity index (χ1v) is 8.14. The lowest BCUT2D eigenvalue weighted by Gasteiger charge is -2.40. The number of hydrogen-bond donors (Lipinski definition) is 1. The van der Waals surface area contributed by atoms with Crippen molar-refractivity contribution in [1.29, 1.82) is 0 Å². The number of hydrogen-bond acceptors (Lipinski definition) is 6. The molecule has 1 aliphatic heterocycles. The van der Waals surface area contributed by atoms with Gasteiger partial charge in [0.15, 0.2) is 0 Å². The summed E-state index contributed by atoms with van der Waals surface area (Å²) >= 11 is 0. The number of nitrogens with zero attached hydrogens (tertiary/aromatic N) is 6. The molecule has 0 bridgehead atoms. The lowest BCUT2D eigenvalue weighted by Crippen LogP contribution is -2.50. The first kappa shape index (κ1) is 15.0. The summed E-state index contributed by atoms with van der Waals surface area (Å²) in [6.45, 7) is 1.48. The Balaban J connectivity index is 1.63. The van der Waals surface area contributed by atoms with E-state index in [2.05, 4.69) is 25.1 Å². The minimum atomic E-state index is -0.809. The molecule has 0 radical (unpaired) electrons. The Bertz CT molecular complexity index is 858. The standard InChI is InChI=1S/C17H20N6O/c1-22-12-20-21-16(22)9-17(24)5-2-8-23(11-17)15-4-7-19-14-3-6-18-10-13(14)15/h3-4,6-7,10,12,24H,2,5,8-9,11H2,1H3. The van der Waals surface area contributed by atoms with Gasteiger partial charge in [0, 0.05) is 56.2 Å². The molecule has 4 heterocycles. The van der Waals surface area contributed by atoms with Crippen LogP contribution in [0.5, 0.6) is 0 Å². The van der Waals surface area contributed by atoms with Crippen LogP contribution in [0.3, 0.4) is 0 Å². The molecule has 1 aliphatic rings. The van der Waals surface area contributed by atoms with Gasteiger partial charge in [0.05, 0.1) is 11.1 Å². The fourth-order valence-corrected chi connectivity index (χ4v) is 3.47. The molecule has 1 N–H and O–H groups in total. The Morgan fingerprint density at radius 1 is 1.29 bits per heavy atom. The summed E-state index contributed by atoms with van der Waals surface area (Å²) in [6.07, 6.45) is 9.26. The maximum absolute atomic E-state index is 11.1. The van der Waals surface area contributed by atoms with Crippen LogP contribution < -0.4 is 4.90 Å². The molecule has 7 nitrogen and oxygen atoms in total. The van der Waals surface area contributed by atoms with Crippen LogP contribution in [0.25, 0.3) is 10.9 Å². The molecule has 3 aromatic heterocycles. The van der Waals surface area contributed by atoms with Gasteiger partial charge < -0.3 is 14.6 Å². The number of anilines is 1. The Morgan fingerprint density at radius 2 is 2.21 bits per heavy atom. The average Bonchev–Trinajstić information content (AvgIpc) is 2.98. The second-order valence-electron chi connectivity index (χ2n) is 6.51. The fourth-order valence-electron chi connectivity index (χ4n) is 3.47. The van der Waals surface area contributed by atoms with Gasteiger partial charge in [-0.05, 0) is 25.0 Å². The van der Waals surface area contributed by atoms with Crippen LogP contribution in [0.1, 0.15) is 18.7 Å². The van der Waals surface area contributed by atoms with Gasteiger partial charge >= 0.3 is 0 Å². The lowest BCUT2D eigenvalue weighted by molar-refractivity contribution is 0.0239. The zero-order valence-electron chi connectivity index (χ0n) is 13.6. The largest absolute Gasteiger partial charge is 0.388 e. The van der Waals surface area contributed by atoms with Gasteiger partial charge in [-0.25, -0.2) is 0 Å². The molecule has 1 unspecified atom stereocenters. The van der Waals surface area contributed by atoms with Crippen LogP contribution >= 0.6 is 0 Å². The third-order valence-corrected chi connectivity index (χ3v) is 4.71. The molecular weight excluding hydrogens is 304 g/mol. The number of aromatic nitrogens is 5. The first-order chi connectivity index (χ1) is 11.6. The number of rotatable bonds is 3. The highest BCUT2D eigenvalue weighted by Crippen LogP contribution is 2.31. The summed E-state index contributed by atoms with van der Waals surface area (Å²) < 4.78 is 1.86. The van der Waals surface area contributed by atoms with Gasteiger partial charge in [-0.2, -0.15) is 0 Å². The van der Waals surface area contributed by atoms with E-state index in [1.165, 1.54) is 0 Å². The summed E-state index contributed by atoms with van der Waals surface area (Å²) in [5, 5.41) is 20.2. The van der Waals surface area contributed by atoms with E-state index in [1.807, 2.05) is 36.1 Å².